The monoisotopic (exact) mass is 212 g/mol. The van der Waals surface area contributed by atoms with E-state index < -0.39 is 0 Å². The highest BCUT2D eigenvalue weighted by molar-refractivity contribution is 4.84. The van der Waals surface area contributed by atoms with Gasteiger partial charge in [0, 0.05) is 31.8 Å². The molecule has 2 aliphatic rings. The number of ether oxygens (including phenoxy) is 1. The molecule has 2 unspecified atom stereocenters. The molecule has 0 aromatic rings. The Morgan fingerprint density at radius 3 is 2.53 bits per heavy atom. The van der Waals surface area contributed by atoms with Crippen molar-refractivity contribution in [3.05, 3.63) is 0 Å². The van der Waals surface area contributed by atoms with E-state index in [0.717, 1.165) is 25.2 Å². The Balaban J connectivity index is 1.73. The Labute approximate surface area is 93.0 Å². The van der Waals surface area contributed by atoms with E-state index in [0.29, 0.717) is 6.04 Å². The minimum absolute atomic E-state index is 0.451. The van der Waals surface area contributed by atoms with Crippen LogP contribution >= 0.6 is 0 Å². The van der Waals surface area contributed by atoms with Crippen LogP contribution in [0.1, 0.15) is 32.1 Å². The molecule has 0 aromatic heterocycles. The summed E-state index contributed by atoms with van der Waals surface area (Å²) in [5.41, 5.74) is 5.95. The normalized spacial score (nSPS) is 33.8. The van der Waals surface area contributed by atoms with E-state index in [1.165, 1.54) is 38.6 Å². The maximum absolute atomic E-state index is 5.95. The van der Waals surface area contributed by atoms with E-state index in [9.17, 15) is 0 Å². The molecule has 0 amide bonds. The lowest BCUT2D eigenvalue weighted by Crippen LogP contribution is -2.36. The zero-order chi connectivity index (χ0) is 10.7. The van der Waals surface area contributed by atoms with Gasteiger partial charge < -0.3 is 15.4 Å². The first-order chi connectivity index (χ1) is 7.25. The maximum atomic E-state index is 5.95. The number of nitrogens with zero attached hydrogens (tertiary/aromatic N) is 1. The number of hydrogen-bond acceptors (Lipinski definition) is 3. The van der Waals surface area contributed by atoms with Crippen LogP contribution in [-0.2, 0) is 4.74 Å². The van der Waals surface area contributed by atoms with Crippen molar-refractivity contribution in [1.82, 2.24) is 4.90 Å². The average molecular weight is 212 g/mol. The van der Waals surface area contributed by atoms with Crippen molar-refractivity contribution < 1.29 is 4.74 Å². The minimum atomic E-state index is 0.451. The predicted molar refractivity (Wildman–Crippen MR) is 61.8 cm³/mol. The van der Waals surface area contributed by atoms with Gasteiger partial charge in [0.25, 0.3) is 0 Å². The topological polar surface area (TPSA) is 38.5 Å². The molecular weight excluding hydrogens is 188 g/mol. The Morgan fingerprint density at radius 1 is 1.20 bits per heavy atom. The van der Waals surface area contributed by atoms with Gasteiger partial charge in [0.1, 0.15) is 0 Å². The summed E-state index contributed by atoms with van der Waals surface area (Å²) in [7, 11) is 2.26. The van der Waals surface area contributed by atoms with Gasteiger partial charge in [-0.1, -0.05) is 0 Å². The smallest absolute Gasteiger partial charge is 0.0469 e. The standard InChI is InChI=1S/C12H24N2O/c1-14(12-3-2-11(13)8-12)9-10-4-6-15-7-5-10/h10-12H,2-9,13H2,1H3. The number of nitrogens with two attached hydrogens (primary N) is 1. The number of rotatable bonds is 3. The van der Waals surface area contributed by atoms with Crippen molar-refractivity contribution >= 4 is 0 Å². The van der Waals surface area contributed by atoms with E-state index in [-0.39, 0.29) is 0 Å². The van der Waals surface area contributed by atoms with Gasteiger partial charge in [0.2, 0.25) is 0 Å². The van der Waals surface area contributed by atoms with Crippen LogP contribution in [-0.4, -0.2) is 43.8 Å². The van der Waals surface area contributed by atoms with Gasteiger partial charge in [-0.05, 0) is 45.1 Å². The lowest BCUT2D eigenvalue weighted by Gasteiger charge is -2.30. The molecule has 1 aliphatic heterocycles. The first kappa shape index (κ1) is 11.4. The van der Waals surface area contributed by atoms with Crippen molar-refractivity contribution in [3.63, 3.8) is 0 Å². The molecule has 3 heteroatoms. The molecule has 1 saturated heterocycles. The highest BCUT2D eigenvalue weighted by Gasteiger charge is 2.26. The zero-order valence-corrected chi connectivity index (χ0v) is 9.82. The third-order valence-corrected chi connectivity index (χ3v) is 3.96. The molecule has 0 aromatic carbocycles. The van der Waals surface area contributed by atoms with Crippen LogP contribution in [0.4, 0.5) is 0 Å². The first-order valence-electron chi connectivity index (χ1n) is 6.29. The lowest BCUT2D eigenvalue weighted by molar-refractivity contribution is 0.0506. The van der Waals surface area contributed by atoms with Gasteiger partial charge in [0.15, 0.2) is 0 Å². The second-order valence-corrected chi connectivity index (χ2v) is 5.22. The minimum Gasteiger partial charge on any atom is -0.381 e. The largest absolute Gasteiger partial charge is 0.381 e. The van der Waals surface area contributed by atoms with E-state index in [1.807, 2.05) is 0 Å². The fraction of sp³-hybridized carbons (Fsp3) is 1.00. The third-order valence-electron chi connectivity index (χ3n) is 3.96. The van der Waals surface area contributed by atoms with Crippen LogP contribution in [0.15, 0.2) is 0 Å². The van der Waals surface area contributed by atoms with E-state index in [1.54, 1.807) is 0 Å². The fourth-order valence-corrected chi connectivity index (χ4v) is 2.88. The van der Waals surface area contributed by atoms with E-state index >= 15 is 0 Å². The van der Waals surface area contributed by atoms with Crippen molar-refractivity contribution in [2.75, 3.05) is 26.8 Å². The molecule has 0 radical (unpaired) electrons. The van der Waals surface area contributed by atoms with Crippen molar-refractivity contribution in [3.8, 4) is 0 Å². The quantitative estimate of drug-likeness (QED) is 0.764. The number of hydrogen-bond donors (Lipinski definition) is 1. The van der Waals surface area contributed by atoms with Crippen LogP contribution in [0.3, 0.4) is 0 Å². The van der Waals surface area contributed by atoms with Crippen molar-refractivity contribution in [2.45, 2.75) is 44.2 Å². The van der Waals surface area contributed by atoms with Crippen LogP contribution in [0.2, 0.25) is 0 Å². The van der Waals surface area contributed by atoms with Crippen LogP contribution in [0.5, 0.6) is 0 Å². The second-order valence-electron chi connectivity index (χ2n) is 5.22. The van der Waals surface area contributed by atoms with Crippen molar-refractivity contribution in [1.29, 1.82) is 0 Å². The van der Waals surface area contributed by atoms with Crippen LogP contribution in [0, 0.1) is 5.92 Å². The highest BCUT2D eigenvalue weighted by Crippen LogP contribution is 2.24. The van der Waals surface area contributed by atoms with Gasteiger partial charge >= 0.3 is 0 Å². The molecule has 1 aliphatic carbocycles. The van der Waals surface area contributed by atoms with Gasteiger partial charge in [0.05, 0.1) is 0 Å². The fourth-order valence-electron chi connectivity index (χ4n) is 2.88. The predicted octanol–water partition coefficient (Wildman–Crippen LogP) is 1.22. The Hall–Kier alpha value is -0.120. The zero-order valence-electron chi connectivity index (χ0n) is 9.82. The lowest BCUT2D eigenvalue weighted by atomic mass is 9.99. The van der Waals surface area contributed by atoms with Crippen LogP contribution < -0.4 is 5.73 Å². The summed E-state index contributed by atoms with van der Waals surface area (Å²) in [6.45, 7) is 3.16. The molecule has 1 heterocycles. The summed E-state index contributed by atoms with van der Waals surface area (Å²) in [6, 6.07) is 1.19. The van der Waals surface area contributed by atoms with Crippen molar-refractivity contribution in [2.24, 2.45) is 11.7 Å². The summed E-state index contributed by atoms with van der Waals surface area (Å²) >= 11 is 0. The molecule has 0 bridgehead atoms. The molecule has 2 rings (SSSR count). The highest BCUT2D eigenvalue weighted by atomic mass is 16.5. The Morgan fingerprint density at radius 2 is 1.93 bits per heavy atom. The molecule has 2 N–H and O–H groups in total. The third kappa shape index (κ3) is 3.16. The Bertz CT molecular complexity index is 192. The van der Waals surface area contributed by atoms with Gasteiger partial charge in [-0.25, -0.2) is 0 Å². The SMILES string of the molecule is CN(CC1CCOCC1)C1CCC(N)C1. The summed E-state index contributed by atoms with van der Waals surface area (Å²) < 4.78 is 5.39. The molecule has 2 atom stereocenters. The molecule has 1 saturated carbocycles. The molecule has 88 valence electrons. The van der Waals surface area contributed by atoms with Gasteiger partial charge in [-0.3, -0.25) is 0 Å². The molecule has 3 nitrogen and oxygen atoms in total. The summed E-state index contributed by atoms with van der Waals surface area (Å²) in [5, 5.41) is 0. The van der Waals surface area contributed by atoms with Gasteiger partial charge in [-0.15, -0.1) is 0 Å². The molecule has 15 heavy (non-hydrogen) atoms. The first-order valence-corrected chi connectivity index (χ1v) is 6.29. The second kappa shape index (κ2) is 5.28. The maximum Gasteiger partial charge on any atom is 0.0469 e. The van der Waals surface area contributed by atoms with E-state index in [4.69, 9.17) is 10.5 Å². The summed E-state index contributed by atoms with van der Waals surface area (Å²) in [6.07, 6.45) is 6.18. The van der Waals surface area contributed by atoms with Gasteiger partial charge in [-0.2, -0.15) is 0 Å². The Kier molecular flexibility index (Phi) is 4.00. The molecular formula is C12H24N2O. The summed E-state index contributed by atoms with van der Waals surface area (Å²) in [4.78, 5) is 2.53. The summed E-state index contributed by atoms with van der Waals surface area (Å²) in [5.74, 6) is 0.848. The van der Waals surface area contributed by atoms with Crippen LogP contribution in [0.25, 0.3) is 0 Å². The van der Waals surface area contributed by atoms with E-state index in [2.05, 4.69) is 11.9 Å². The average Bonchev–Trinajstić information content (AvgIpc) is 2.66. The molecule has 0 spiro atoms. The molecule has 2 fully saturated rings.